The largest absolute Gasteiger partial charge is 0.450 e. The van der Waals surface area contributed by atoms with E-state index in [9.17, 15) is 4.79 Å². The predicted octanol–water partition coefficient (Wildman–Crippen LogP) is 4.87. The van der Waals surface area contributed by atoms with Gasteiger partial charge in [0.15, 0.2) is 5.60 Å². The van der Waals surface area contributed by atoms with Crippen molar-refractivity contribution in [3.8, 4) is 0 Å². The van der Waals surface area contributed by atoms with E-state index in [1.807, 2.05) is 0 Å². The zero-order valence-electron chi connectivity index (χ0n) is 17.2. The summed E-state index contributed by atoms with van der Waals surface area (Å²) in [4.78, 5) is 14.8. The van der Waals surface area contributed by atoms with E-state index in [4.69, 9.17) is 4.74 Å². The van der Waals surface area contributed by atoms with Crippen LogP contribution in [0.15, 0.2) is 42.0 Å². The Labute approximate surface area is 163 Å². The van der Waals surface area contributed by atoms with Crippen LogP contribution in [-0.4, -0.2) is 35.1 Å². The van der Waals surface area contributed by atoms with Crippen molar-refractivity contribution in [3.63, 3.8) is 0 Å². The molecule has 0 spiro atoms. The van der Waals surface area contributed by atoms with E-state index in [2.05, 4.69) is 69.9 Å². The van der Waals surface area contributed by atoms with Gasteiger partial charge in [-0.2, -0.15) is 0 Å². The Bertz CT molecular complexity index is 812. The van der Waals surface area contributed by atoms with Crippen LogP contribution in [-0.2, 0) is 14.9 Å². The van der Waals surface area contributed by atoms with E-state index in [-0.39, 0.29) is 17.4 Å². The SMILES string of the molecule is C[C@H]1C=C(c2ccc(C(C)(C)C)cc2)C2=CC(=O)O[C@]2(C)[C@H]2CCCCN12. The lowest BCUT2D eigenvalue weighted by Crippen LogP contribution is -2.55. The first kappa shape index (κ1) is 18.5. The summed E-state index contributed by atoms with van der Waals surface area (Å²) in [6.07, 6.45) is 7.56. The lowest BCUT2D eigenvalue weighted by atomic mass is 9.79. The normalized spacial score (nSPS) is 31.4. The number of ether oxygens (including phenoxy) is 1. The molecule has 144 valence electrons. The maximum absolute atomic E-state index is 12.3. The summed E-state index contributed by atoms with van der Waals surface area (Å²) in [6, 6.07) is 9.42. The van der Waals surface area contributed by atoms with E-state index >= 15 is 0 Å². The first-order valence-electron chi connectivity index (χ1n) is 10.2. The van der Waals surface area contributed by atoms with Gasteiger partial charge >= 0.3 is 5.97 Å². The molecule has 3 atom stereocenters. The topological polar surface area (TPSA) is 29.5 Å². The highest BCUT2D eigenvalue weighted by Crippen LogP contribution is 2.47. The van der Waals surface area contributed by atoms with Crippen molar-refractivity contribution in [3.05, 3.63) is 53.1 Å². The van der Waals surface area contributed by atoms with Gasteiger partial charge in [-0.05, 0) is 55.3 Å². The summed E-state index contributed by atoms with van der Waals surface area (Å²) in [6.45, 7) is 12.2. The van der Waals surface area contributed by atoms with Crippen molar-refractivity contribution in [2.24, 2.45) is 0 Å². The molecule has 3 aliphatic heterocycles. The van der Waals surface area contributed by atoms with Crippen molar-refractivity contribution in [1.29, 1.82) is 0 Å². The zero-order chi connectivity index (χ0) is 19.4. The minimum Gasteiger partial charge on any atom is -0.450 e. The molecule has 0 radical (unpaired) electrons. The Morgan fingerprint density at radius 2 is 1.85 bits per heavy atom. The molecule has 3 nitrogen and oxygen atoms in total. The average Bonchev–Trinajstić information content (AvgIpc) is 2.90. The van der Waals surface area contributed by atoms with Gasteiger partial charge in [-0.1, -0.05) is 57.5 Å². The van der Waals surface area contributed by atoms with Crippen LogP contribution in [0.2, 0.25) is 0 Å². The number of piperidine rings is 1. The second kappa shape index (κ2) is 6.34. The second-order valence-electron chi connectivity index (χ2n) is 9.48. The van der Waals surface area contributed by atoms with Gasteiger partial charge in [-0.25, -0.2) is 4.79 Å². The van der Waals surface area contributed by atoms with Gasteiger partial charge in [0.1, 0.15) is 0 Å². The van der Waals surface area contributed by atoms with E-state index in [1.165, 1.54) is 24.0 Å². The van der Waals surface area contributed by atoms with Crippen LogP contribution in [0.3, 0.4) is 0 Å². The second-order valence-corrected chi connectivity index (χ2v) is 9.48. The molecule has 0 unspecified atom stereocenters. The number of carbonyl (C=O) groups excluding carboxylic acids is 1. The molecular formula is C24H31NO2. The molecule has 27 heavy (non-hydrogen) atoms. The molecule has 0 aromatic heterocycles. The van der Waals surface area contributed by atoms with Crippen molar-refractivity contribution < 1.29 is 9.53 Å². The summed E-state index contributed by atoms with van der Waals surface area (Å²) >= 11 is 0. The van der Waals surface area contributed by atoms with Crippen LogP contribution in [0.4, 0.5) is 0 Å². The summed E-state index contributed by atoms with van der Waals surface area (Å²) in [5.74, 6) is -0.204. The number of carbonyl (C=O) groups is 1. The highest BCUT2D eigenvalue weighted by atomic mass is 16.6. The van der Waals surface area contributed by atoms with Crippen LogP contribution in [0.25, 0.3) is 5.57 Å². The van der Waals surface area contributed by atoms with Gasteiger partial charge in [-0.15, -0.1) is 0 Å². The van der Waals surface area contributed by atoms with Gasteiger partial charge in [0, 0.05) is 17.7 Å². The Hall–Kier alpha value is -1.87. The average molecular weight is 366 g/mol. The quantitative estimate of drug-likeness (QED) is 0.665. The van der Waals surface area contributed by atoms with Crippen molar-refractivity contribution in [2.45, 2.75) is 77.0 Å². The van der Waals surface area contributed by atoms with Gasteiger partial charge in [-0.3, -0.25) is 4.90 Å². The molecule has 1 aromatic rings. The fourth-order valence-corrected chi connectivity index (χ4v) is 5.01. The highest BCUT2D eigenvalue weighted by molar-refractivity contribution is 5.96. The minimum absolute atomic E-state index is 0.129. The first-order valence-corrected chi connectivity index (χ1v) is 10.2. The van der Waals surface area contributed by atoms with E-state index in [0.29, 0.717) is 6.04 Å². The van der Waals surface area contributed by atoms with Gasteiger partial charge < -0.3 is 4.74 Å². The smallest absolute Gasteiger partial charge is 0.332 e. The predicted molar refractivity (Wildman–Crippen MR) is 110 cm³/mol. The summed E-state index contributed by atoms with van der Waals surface area (Å²) in [5, 5.41) is 0. The van der Waals surface area contributed by atoms with Crippen molar-refractivity contribution >= 4 is 11.5 Å². The standard InChI is InChI=1S/C24H31NO2/c1-16-14-19(17-9-11-18(12-10-17)23(2,3)4)20-15-22(26)27-24(20,5)21-8-6-7-13-25(16)21/h9-12,14-16,21H,6-8,13H2,1-5H3/t16-,21+,24-/m0/s1. The lowest BCUT2D eigenvalue weighted by molar-refractivity contribution is -0.151. The molecule has 4 rings (SSSR count). The molecule has 3 aliphatic rings. The third kappa shape index (κ3) is 3.06. The Balaban J connectivity index is 1.81. The Morgan fingerprint density at radius 3 is 2.52 bits per heavy atom. The molecule has 0 bridgehead atoms. The molecule has 0 aliphatic carbocycles. The minimum atomic E-state index is -0.559. The fraction of sp³-hybridized carbons (Fsp3) is 0.542. The molecule has 1 aromatic carbocycles. The third-order valence-electron chi connectivity index (χ3n) is 6.57. The monoisotopic (exact) mass is 365 g/mol. The summed E-state index contributed by atoms with van der Waals surface area (Å²) in [5.41, 5.74) is 4.27. The number of hydrogen-bond acceptors (Lipinski definition) is 3. The molecule has 0 N–H and O–H groups in total. The number of rotatable bonds is 1. The number of nitrogens with zero attached hydrogens (tertiary/aromatic N) is 1. The van der Waals surface area contributed by atoms with Gasteiger partial charge in [0.05, 0.1) is 6.04 Å². The molecule has 1 saturated heterocycles. The molecule has 3 heterocycles. The first-order chi connectivity index (χ1) is 12.7. The highest BCUT2D eigenvalue weighted by Gasteiger charge is 2.51. The maximum atomic E-state index is 12.3. The lowest BCUT2D eigenvalue weighted by Gasteiger charge is -2.45. The summed E-state index contributed by atoms with van der Waals surface area (Å²) in [7, 11) is 0. The Kier molecular flexibility index (Phi) is 4.34. The van der Waals surface area contributed by atoms with Crippen molar-refractivity contribution in [1.82, 2.24) is 4.90 Å². The number of esters is 1. The molecular weight excluding hydrogens is 334 g/mol. The maximum Gasteiger partial charge on any atom is 0.332 e. The summed E-state index contributed by atoms with van der Waals surface area (Å²) < 4.78 is 5.97. The Morgan fingerprint density at radius 1 is 1.15 bits per heavy atom. The van der Waals surface area contributed by atoms with E-state index < -0.39 is 5.60 Å². The fourth-order valence-electron chi connectivity index (χ4n) is 5.01. The molecule has 0 saturated carbocycles. The van der Waals surface area contributed by atoms with Crippen LogP contribution >= 0.6 is 0 Å². The van der Waals surface area contributed by atoms with E-state index in [1.54, 1.807) is 6.08 Å². The third-order valence-corrected chi connectivity index (χ3v) is 6.57. The van der Waals surface area contributed by atoms with Crippen LogP contribution in [0.1, 0.15) is 65.0 Å². The zero-order valence-corrected chi connectivity index (χ0v) is 17.2. The van der Waals surface area contributed by atoms with E-state index in [0.717, 1.165) is 24.1 Å². The number of hydrogen-bond donors (Lipinski definition) is 0. The van der Waals surface area contributed by atoms with Crippen LogP contribution in [0, 0.1) is 0 Å². The van der Waals surface area contributed by atoms with Crippen LogP contribution in [0.5, 0.6) is 0 Å². The number of fused-ring (bicyclic) bond motifs is 3. The molecule has 3 heteroatoms. The van der Waals surface area contributed by atoms with Crippen molar-refractivity contribution in [2.75, 3.05) is 6.54 Å². The van der Waals surface area contributed by atoms with Gasteiger partial charge in [0.2, 0.25) is 0 Å². The number of benzene rings is 1. The molecule has 0 amide bonds. The van der Waals surface area contributed by atoms with Crippen LogP contribution < -0.4 is 0 Å². The van der Waals surface area contributed by atoms with Gasteiger partial charge in [0.25, 0.3) is 0 Å². The molecule has 1 fully saturated rings.